The molecule has 3 nitrogen and oxygen atoms in total. The van der Waals surface area contributed by atoms with Gasteiger partial charge in [-0.15, -0.1) is 12.4 Å². The van der Waals surface area contributed by atoms with Gasteiger partial charge in [-0.1, -0.05) is 0 Å². The fourth-order valence-electron chi connectivity index (χ4n) is 3.09. The molecule has 2 aliphatic rings. The molecule has 1 saturated carbocycles. The minimum Gasteiger partial charge on any atom is -0.352 e. The Morgan fingerprint density at radius 1 is 1.17 bits per heavy atom. The molecule has 0 spiro atoms. The van der Waals surface area contributed by atoms with Gasteiger partial charge in [0.1, 0.15) is 0 Å². The molecule has 134 valence electrons. The molecule has 1 amide bonds. The highest BCUT2D eigenvalue weighted by Crippen LogP contribution is 2.38. The third kappa shape index (κ3) is 4.63. The highest BCUT2D eigenvalue weighted by Gasteiger charge is 2.36. The quantitative estimate of drug-likeness (QED) is 0.856. The fraction of sp³-hybridized carbons (Fsp3) is 0.588. The second-order valence-electron chi connectivity index (χ2n) is 6.48. The number of carbonyl (C=O) groups excluding carboxylic acids is 1. The Morgan fingerprint density at radius 3 is 2.42 bits per heavy atom. The summed E-state index contributed by atoms with van der Waals surface area (Å²) < 4.78 is 39.8. The van der Waals surface area contributed by atoms with E-state index in [1.54, 1.807) is 0 Å². The van der Waals surface area contributed by atoms with Crippen molar-refractivity contribution >= 4 is 18.3 Å². The van der Waals surface area contributed by atoms with Gasteiger partial charge in [0.15, 0.2) is 0 Å². The van der Waals surface area contributed by atoms with Crippen LogP contribution in [0.25, 0.3) is 0 Å². The number of piperidine rings is 1. The molecule has 1 aliphatic carbocycles. The molecule has 1 aliphatic heterocycles. The number of nitrogens with one attached hydrogen (secondary N) is 2. The van der Waals surface area contributed by atoms with Crippen LogP contribution in [0.5, 0.6) is 0 Å². The van der Waals surface area contributed by atoms with Crippen LogP contribution < -0.4 is 10.6 Å². The van der Waals surface area contributed by atoms with Crippen LogP contribution >= 0.6 is 12.4 Å². The molecule has 0 unspecified atom stereocenters. The summed E-state index contributed by atoms with van der Waals surface area (Å²) in [5.41, 5.74) is -0.0200. The summed E-state index contributed by atoms with van der Waals surface area (Å²) in [5.74, 6) is 0.113. The number of hydrogen-bond acceptors (Lipinski definition) is 2. The molecule has 24 heavy (non-hydrogen) atoms. The van der Waals surface area contributed by atoms with Gasteiger partial charge in [-0.2, -0.15) is 13.2 Å². The van der Waals surface area contributed by atoms with Crippen LogP contribution in [-0.4, -0.2) is 25.5 Å². The Kier molecular flexibility index (Phi) is 6.15. The third-order valence-corrected chi connectivity index (χ3v) is 4.65. The monoisotopic (exact) mass is 362 g/mol. The van der Waals surface area contributed by atoms with E-state index in [1.807, 2.05) is 0 Å². The predicted molar refractivity (Wildman–Crippen MR) is 88.6 cm³/mol. The molecular weight excluding hydrogens is 341 g/mol. The molecule has 3 rings (SSSR count). The van der Waals surface area contributed by atoms with E-state index in [2.05, 4.69) is 10.6 Å². The van der Waals surface area contributed by atoms with Gasteiger partial charge in [0.25, 0.3) is 5.91 Å². The summed E-state index contributed by atoms with van der Waals surface area (Å²) in [6.45, 7) is 2.03. The van der Waals surface area contributed by atoms with Gasteiger partial charge in [-0.3, -0.25) is 4.79 Å². The highest BCUT2D eigenvalue weighted by atomic mass is 35.5. The van der Waals surface area contributed by atoms with E-state index in [1.165, 1.54) is 12.1 Å². The molecule has 0 atom stereocenters. The second kappa shape index (κ2) is 7.74. The molecule has 2 N–H and O–H groups in total. The maximum Gasteiger partial charge on any atom is 0.416 e. The van der Waals surface area contributed by atoms with Crippen LogP contribution in [0.2, 0.25) is 0 Å². The van der Waals surface area contributed by atoms with E-state index >= 15 is 0 Å². The SMILES string of the molecule is Cl.O=C(NCC1CC1)c1ccc(C(F)(F)F)c(C2CCNCC2)c1. The first-order valence-corrected chi connectivity index (χ1v) is 8.15. The number of amides is 1. The van der Waals surface area contributed by atoms with Crippen LogP contribution in [0.4, 0.5) is 13.2 Å². The van der Waals surface area contributed by atoms with E-state index in [0.29, 0.717) is 44.0 Å². The Morgan fingerprint density at radius 2 is 1.83 bits per heavy atom. The van der Waals surface area contributed by atoms with Crippen LogP contribution in [0.15, 0.2) is 18.2 Å². The zero-order valence-electron chi connectivity index (χ0n) is 13.3. The Balaban J connectivity index is 0.00000208. The number of hydrogen-bond donors (Lipinski definition) is 2. The maximum absolute atomic E-state index is 13.3. The number of halogens is 4. The van der Waals surface area contributed by atoms with Gasteiger partial charge >= 0.3 is 6.18 Å². The Labute approximate surface area is 145 Å². The van der Waals surface area contributed by atoms with Crippen molar-refractivity contribution in [2.75, 3.05) is 19.6 Å². The predicted octanol–water partition coefficient (Wildman–Crippen LogP) is 3.73. The topological polar surface area (TPSA) is 41.1 Å². The normalized spacial score (nSPS) is 18.8. The summed E-state index contributed by atoms with van der Waals surface area (Å²) in [5, 5.41) is 5.98. The lowest BCUT2D eigenvalue weighted by molar-refractivity contribution is -0.138. The van der Waals surface area contributed by atoms with Crippen molar-refractivity contribution < 1.29 is 18.0 Å². The molecule has 2 fully saturated rings. The van der Waals surface area contributed by atoms with Crippen molar-refractivity contribution in [2.24, 2.45) is 5.92 Å². The van der Waals surface area contributed by atoms with Gasteiger partial charge in [0, 0.05) is 12.1 Å². The van der Waals surface area contributed by atoms with Crippen molar-refractivity contribution in [3.05, 3.63) is 34.9 Å². The van der Waals surface area contributed by atoms with Crippen LogP contribution in [0.3, 0.4) is 0 Å². The van der Waals surface area contributed by atoms with Crippen LogP contribution in [-0.2, 0) is 6.18 Å². The largest absolute Gasteiger partial charge is 0.416 e. The Bertz CT molecular complexity index is 582. The summed E-state index contributed by atoms with van der Waals surface area (Å²) in [6.07, 6.45) is -0.823. The third-order valence-electron chi connectivity index (χ3n) is 4.65. The van der Waals surface area contributed by atoms with Gasteiger partial charge < -0.3 is 10.6 Å². The molecular formula is C17H22ClF3N2O. The van der Waals surface area contributed by atoms with Crippen molar-refractivity contribution in [1.82, 2.24) is 10.6 Å². The van der Waals surface area contributed by atoms with Gasteiger partial charge in [-0.05, 0) is 74.4 Å². The summed E-state index contributed by atoms with van der Waals surface area (Å²) in [7, 11) is 0. The number of alkyl halides is 3. The lowest BCUT2D eigenvalue weighted by Crippen LogP contribution is -2.29. The van der Waals surface area contributed by atoms with E-state index in [0.717, 1.165) is 18.9 Å². The molecule has 1 heterocycles. The minimum atomic E-state index is -4.39. The zero-order valence-corrected chi connectivity index (χ0v) is 14.1. The van der Waals surface area contributed by atoms with Gasteiger partial charge in [0.05, 0.1) is 5.56 Å². The second-order valence-corrected chi connectivity index (χ2v) is 6.48. The molecule has 0 radical (unpaired) electrons. The van der Waals surface area contributed by atoms with Crippen LogP contribution in [0, 0.1) is 5.92 Å². The van der Waals surface area contributed by atoms with E-state index in [4.69, 9.17) is 0 Å². The van der Waals surface area contributed by atoms with Crippen molar-refractivity contribution in [2.45, 2.75) is 37.8 Å². The molecule has 0 bridgehead atoms. The van der Waals surface area contributed by atoms with Crippen LogP contribution in [0.1, 0.15) is 53.1 Å². The number of rotatable bonds is 4. The van der Waals surface area contributed by atoms with Crippen molar-refractivity contribution in [3.8, 4) is 0 Å². The zero-order chi connectivity index (χ0) is 16.4. The summed E-state index contributed by atoms with van der Waals surface area (Å²) in [6, 6.07) is 3.79. The lowest BCUT2D eigenvalue weighted by Gasteiger charge is -2.26. The lowest BCUT2D eigenvalue weighted by atomic mass is 9.85. The first-order valence-electron chi connectivity index (χ1n) is 8.15. The average molecular weight is 363 g/mol. The molecule has 1 saturated heterocycles. The Hall–Kier alpha value is -1.27. The van der Waals surface area contributed by atoms with E-state index in [-0.39, 0.29) is 29.8 Å². The molecule has 1 aromatic rings. The highest BCUT2D eigenvalue weighted by molar-refractivity contribution is 5.94. The van der Waals surface area contributed by atoms with Crippen molar-refractivity contribution in [3.63, 3.8) is 0 Å². The smallest absolute Gasteiger partial charge is 0.352 e. The number of carbonyl (C=O) groups is 1. The molecule has 1 aromatic carbocycles. The van der Waals surface area contributed by atoms with Crippen molar-refractivity contribution in [1.29, 1.82) is 0 Å². The summed E-state index contributed by atoms with van der Waals surface area (Å²) >= 11 is 0. The fourth-order valence-corrected chi connectivity index (χ4v) is 3.09. The average Bonchev–Trinajstić information content (AvgIpc) is 3.36. The standard InChI is InChI=1S/C17H21F3N2O.ClH/c18-17(19,20)15-4-3-13(16(23)22-10-11-1-2-11)9-14(15)12-5-7-21-8-6-12;/h3-4,9,11-12,21H,1-2,5-8,10H2,(H,22,23);1H. The summed E-state index contributed by atoms with van der Waals surface area (Å²) in [4.78, 5) is 12.2. The first kappa shape index (κ1) is 19.1. The number of benzene rings is 1. The van der Waals surface area contributed by atoms with Gasteiger partial charge in [-0.25, -0.2) is 0 Å². The van der Waals surface area contributed by atoms with E-state index in [9.17, 15) is 18.0 Å². The van der Waals surface area contributed by atoms with E-state index < -0.39 is 11.7 Å². The van der Waals surface area contributed by atoms with Gasteiger partial charge in [0.2, 0.25) is 0 Å². The molecule has 0 aromatic heterocycles. The minimum absolute atomic E-state index is 0. The first-order chi connectivity index (χ1) is 10.9. The maximum atomic E-state index is 13.3. The molecule has 7 heteroatoms.